The van der Waals surface area contributed by atoms with E-state index in [-0.39, 0.29) is 17.0 Å². The molecule has 3 aromatic heterocycles. The summed E-state index contributed by atoms with van der Waals surface area (Å²) < 4.78 is 2.08. The molecule has 4 nitrogen and oxygen atoms in total. The predicted molar refractivity (Wildman–Crippen MR) is 95.5 cm³/mol. The Morgan fingerprint density at radius 3 is 2.58 bits per heavy atom. The number of benzene rings is 1. The summed E-state index contributed by atoms with van der Waals surface area (Å²) in [5.41, 5.74) is 6.22. The van der Waals surface area contributed by atoms with Crippen LogP contribution in [0.25, 0.3) is 17.0 Å². The molecule has 0 atom stereocenters. The summed E-state index contributed by atoms with van der Waals surface area (Å²) in [6, 6.07) is 14.3. The molecule has 0 fully saturated rings. The highest BCUT2D eigenvalue weighted by Crippen LogP contribution is 2.29. The summed E-state index contributed by atoms with van der Waals surface area (Å²) in [7, 11) is 0. The first kappa shape index (κ1) is 16.7. The number of nitrogens with zero attached hydrogens (tertiary/aromatic N) is 3. The van der Waals surface area contributed by atoms with E-state index in [4.69, 9.17) is 4.98 Å². The van der Waals surface area contributed by atoms with E-state index < -0.39 is 0 Å². The number of rotatable bonds is 3. The van der Waals surface area contributed by atoms with Crippen LogP contribution in [0.3, 0.4) is 0 Å². The van der Waals surface area contributed by atoms with Gasteiger partial charge in [0, 0.05) is 17.3 Å². The van der Waals surface area contributed by atoms with Gasteiger partial charge in [0.05, 0.1) is 11.4 Å². The number of thiazole rings is 1. The number of pyridine rings is 1. The topological polar surface area (TPSA) is 42.2 Å². The van der Waals surface area contributed by atoms with Gasteiger partial charge in [-0.05, 0) is 38.1 Å². The Hall–Kier alpha value is -2.18. The van der Waals surface area contributed by atoms with Crippen LogP contribution in [0.15, 0.2) is 54.0 Å². The van der Waals surface area contributed by atoms with E-state index in [1.165, 1.54) is 5.56 Å². The zero-order valence-electron chi connectivity index (χ0n) is 13.3. The van der Waals surface area contributed by atoms with Crippen LogP contribution in [-0.4, -0.2) is 14.4 Å². The van der Waals surface area contributed by atoms with Crippen molar-refractivity contribution < 1.29 is 17.0 Å². The van der Waals surface area contributed by atoms with Gasteiger partial charge in [-0.1, -0.05) is 23.8 Å². The SMILES string of the molecule is Cc1ccc(Nc2nc(-c3c(C)nc4ccccn34)cs2)cc1.[Br-]. The molecule has 3 heterocycles. The van der Waals surface area contributed by atoms with E-state index in [1.54, 1.807) is 11.3 Å². The summed E-state index contributed by atoms with van der Waals surface area (Å²) in [6.07, 6.45) is 2.02. The van der Waals surface area contributed by atoms with Gasteiger partial charge in [0.25, 0.3) is 0 Å². The number of anilines is 2. The average molecular weight is 400 g/mol. The number of fused-ring (bicyclic) bond motifs is 1. The Bertz CT molecular complexity index is 972. The molecular weight excluding hydrogens is 384 g/mol. The van der Waals surface area contributed by atoms with Gasteiger partial charge in [0.1, 0.15) is 11.3 Å². The monoisotopic (exact) mass is 399 g/mol. The van der Waals surface area contributed by atoms with Gasteiger partial charge in [0.15, 0.2) is 5.13 Å². The van der Waals surface area contributed by atoms with Crippen molar-refractivity contribution in [1.82, 2.24) is 14.4 Å². The lowest BCUT2D eigenvalue weighted by Gasteiger charge is -2.02. The Balaban J connectivity index is 0.00000169. The fourth-order valence-corrected chi connectivity index (χ4v) is 3.34. The highest BCUT2D eigenvalue weighted by molar-refractivity contribution is 7.14. The predicted octanol–water partition coefficient (Wildman–Crippen LogP) is 1.82. The summed E-state index contributed by atoms with van der Waals surface area (Å²) in [6.45, 7) is 4.10. The number of nitrogens with one attached hydrogen (secondary N) is 1. The van der Waals surface area contributed by atoms with E-state index in [0.29, 0.717) is 0 Å². The van der Waals surface area contributed by atoms with Crippen LogP contribution in [0.4, 0.5) is 10.8 Å². The summed E-state index contributed by atoms with van der Waals surface area (Å²) >= 11 is 1.60. The molecule has 0 saturated carbocycles. The molecule has 0 amide bonds. The second-order valence-corrected chi connectivity index (χ2v) is 6.36. The number of hydrogen-bond acceptors (Lipinski definition) is 4. The van der Waals surface area contributed by atoms with Crippen LogP contribution in [-0.2, 0) is 0 Å². The highest BCUT2D eigenvalue weighted by atomic mass is 79.9. The van der Waals surface area contributed by atoms with Crippen LogP contribution >= 0.6 is 11.3 Å². The van der Waals surface area contributed by atoms with Crippen molar-refractivity contribution >= 4 is 27.8 Å². The zero-order chi connectivity index (χ0) is 15.8. The van der Waals surface area contributed by atoms with Crippen LogP contribution in [0.2, 0.25) is 0 Å². The van der Waals surface area contributed by atoms with Crippen molar-refractivity contribution in [2.24, 2.45) is 0 Å². The van der Waals surface area contributed by atoms with E-state index in [1.807, 2.05) is 31.3 Å². The molecule has 0 unspecified atom stereocenters. The second-order valence-electron chi connectivity index (χ2n) is 5.50. The molecule has 0 bridgehead atoms. The molecule has 24 heavy (non-hydrogen) atoms. The van der Waals surface area contributed by atoms with E-state index in [0.717, 1.165) is 33.5 Å². The minimum absolute atomic E-state index is 0. The van der Waals surface area contributed by atoms with Crippen LogP contribution in [0.1, 0.15) is 11.3 Å². The molecule has 1 aromatic carbocycles. The van der Waals surface area contributed by atoms with E-state index in [2.05, 4.69) is 51.3 Å². The lowest BCUT2D eigenvalue weighted by molar-refractivity contribution is -0.00000479. The molecule has 0 aliphatic rings. The molecule has 4 aromatic rings. The number of aromatic nitrogens is 3. The summed E-state index contributed by atoms with van der Waals surface area (Å²) in [5, 5.41) is 6.31. The molecule has 4 rings (SSSR count). The molecule has 0 saturated heterocycles. The molecule has 6 heteroatoms. The third-order valence-corrected chi connectivity index (χ3v) is 4.51. The van der Waals surface area contributed by atoms with E-state index in [9.17, 15) is 0 Å². The van der Waals surface area contributed by atoms with Crippen LogP contribution in [0, 0.1) is 13.8 Å². The van der Waals surface area contributed by atoms with Gasteiger partial charge in [-0.15, -0.1) is 11.3 Å². The van der Waals surface area contributed by atoms with Crippen molar-refractivity contribution in [3.05, 3.63) is 65.3 Å². The quantitative estimate of drug-likeness (QED) is 0.571. The van der Waals surface area contributed by atoms with Gasteiger partial charge in [-0.2, -0.15) is 0 Å². The maximum atomic E-state index is 4.73. The lowest BCUT2D eigenvalue weighted by atomic mass is 10.2. The van der Waals surface area contributed by atoms with Crippen LogP contribution in [0.5, 0.6) is 0 Å². The number of imidazole rings is 1. The molecule has 0 aliphatic carbocycles. The molecule has 1 N–H and O–H groups in total. The summed E-state index contributed by atoms with van der Waals surface area (Å²) in [5.74, 6) is 0. The lowest BCUT2D eigenvalue weighted by Crippen LogP contribution is -3.00. The van der Waals surface area contributed by atoms with Crippen molar-refractivity contribution in [3.8, 4) is 11.4 Å². The maximum absolute atomic E-state index is 4.73. The number of aryl methyl sites for hydroxylation is 2. The maximum Gasteiger partial charge on any atom is 0.187 e. The van der Waals surface area contributed by atoms with Gasteiger partial charge in [0.2, 0.25) is 0 Å². The van der Waals surface area contributed by atoms with Gasteiger partial charge >= 0.3 is 0 Å². The Morgan fingerprint density at radius 2 is 1.79 bits per heavy atom. The van der Waals surface area contributed by atoms with Crippen molar-refractivity contribution in [2.45, 2.75) is 13.8 Å². The van der Waals surface area contributed by atoms with Gasteiger partial charge in [-0.3, -0.25) is 4.40 Å². The third-order valence-electron chi connectivity index (χ3n) is 3.75. The molecule has 0 radical (unpaired) electrons. The Kier molecular flexibility index (Phi) is 4.69. The van der Waals surface area contributed by atoms with Crippen LogP contribution < -0.4 is 22.3 Å². The smallest absolute Gasteiger partial charge is 0.187 e. The fraction of sp³-hybridized carbons (Fsp3) is 0.111. The average Bonchev–Trinajstić information content (AvgIpc) is 3.12. The first-order valence-electron chi connectivity index (χ1n) is 7.44. The van der Waals surface area contributed by atoms with Crippen molar-refractivity contribution in [3.63, 3.8) is 0 Å². The zero-order valence-corrected chi connectivity index (χ0v) is 15.7. The molecule has 122 valence electrons. The molecular formula is C18H16BrN4S-. The Morgan fingerprint density at radius 1 is 1.00 bits per heavy atom. The summed E-state index contributed by atoms with van der Waals surface area (Å²) in [4.78, 5) is 9.33. The normalized spacial score (nSPS) is 10.6. The Labute approximate surface area is 155 Å². The first-order valence-corrected chi connectivity index (χ1v) is 8.32. The van der Waals surface area contributed by atoms with Crippen molar-refractivity contribution in [2.75, 3.05) is 5.32 Å². The van der Waals surface area contributed by atoms with Crippen molar-refractivity contribution in [1.29, 1.82) is 0 Å². The largest absolute Gasteiger partial charge is 1.00 e. The minimum Gasteiger partial charge on any atom is -1.00 e. The van der Waals surface area contributed by atoms with E-state index >= 15 is 0 Å². The highest BCUT2D eigenvalue weighted by Gasteiger charge is 2.13. The standard InChI is InChI=1S/C18H16N4S.BrH/c1-12-6-8-14(9-7-12)20-18-21-15(11-23-18)17-13(2)19-16-5-3-4-10-22(16)17;/h3-11H,1-2H3,(H,20,21);1H/p-1. The number of halogens is 1. The molecule has 0 aliphatic heterocycles. The number of hydrogen-bond donors (Lipinski definition) is 1. The third kappa shape index (κ3) is 3.07. The second kappa shape index (κ2) is 6.75. The minimum atomic E-state index is 0. The molecule has 0 spiro atoms. The van der Waals surface area contributed by atoms with Gasteiger partial charge < -0.3 is 22.3 Å². The fourth-order valence-electron chi connectivity index (χ4n) is 2.62. The van der Waals surface area contributed by atoms with Gasteiger partial charge in [-0.25, -0.2) is 9.97 Å². The first-order chi connectivity index (χ1) is 11.2.